The molecule has 2 heteroatoms. The number of carbonyl (C=O) groups excluding carboxylic acids is 1. The van der Waals surface area contributed by atoms with Crippen LogP contribution in [0.4, 0.5) is 0 Å². The average molecular weight is 227 g/mol. The van der Waals surface area contributed by atoms with Crippen LogP contribution in [0.3, 0.4) is 0 Å². The molecule has 3 atom stereocenters. The molecule has 1 fully saturated rings. The van der Waals surface area contributed by atoms with Crippen LogP contribution in [0.1, 0.15) is 18.4 Å². The van der Waals surface area contributed by atoms with Gasteiger partial charge in [0.15, 0.2) is 0 Å². The van der Waals surface area contributed by atoms with Crippen molar-refractivity contribution in [2.45, 2.75) is 25.3 Å². The quantitative estimate of drug-likeness (QED) is 0.789. The van der Waals surface area contributed by atoms with E-state index in [2.05, 4.69) is 17.5 Å². The normalized spacial score (nSPS) is 29.5. The second-order valence-electron chi connectivity index (χ2n) is 5.12. The van der Waals surface area contributed by atoms with E-state index in [1.807, 2.05) is 30.3 Å². The molecule has 2 nitrogen and oxygen atoms in total. The van der Waals surface area contributed by atoms with Crippen molar-refractivity contribution in [3.05, 3.63) is 48.0 Å². The fourth-order valence-electron chi connectivity index (χ4n) is 2.99. The molecular weight excluding hydrogens is 210 g/mol. The molecule has 0 heterocycles. The molecule has 2 bridgehead atoms. The summed E-state index contributed by atoms with van der Waals surface area (Å²) in [7, 11) is 0. The molecule has 0 aromatic heterocycles. The van der Waals surface area contributed by atoms with Crippen LogP contribution in [-0.2, 0) is 11.2 Å². The van der Waals surface area contributed by atoms with Gasteiger partial charge in [-0.1, -0.05) is 42.5 Å². The Kier molecular flexibility index (Phi) is 2.71. The summed E-state index contributed by atoms with van der Waals surface area (Å²) < 4.78 is 0. The highest BCUT2D eigenvalue weighted by atomic mass is 16.1. The fourth-order valence-corrected chi connectivity index (χ4v) is 2.99. The van der Waals surface area contributed by atoms with Crippen molar-refractivity contribution in [1.29, 1.82) is 0 Å². The standard InChI is InChI=1S/C15H17NO/c17-15(10-11-4-2-1-3-5-11)16-14-9-12-6-7-13(14)8-12/h1-7,12-14H,8-10H2,(H,16,17). The Morgan fingerprint density at radius 1 is 1.18 bits per heavy atom. The fraction of sp³-hybridized carbons (Fsp3) is 0.400. The lowest BCUT2D eigenvalue weighted by Gasteiger charge is -2.19. The van der Waals surface area contributed by atoms with Gasteiger partial charge in [0.05, 0.1) is 6.42 Å². The maximum atomic E-state index is 11.9. The van der Waals surface area contributed by atoms with Crippen molar-refractivity contribution >= 4 is 5.91 Å². The third-order valence-electron chi connectivity index (χ3n) is 3.83. The van der Waals surface area contributed by atoms with Gasteiger partial charge in [0, 0.05) is 6.04 Å². The maximum Gasteiger partial charge on any atom is 0.224 e. The molecule has 1 aromatic carbocycles. The van der Waals surface area contributed by atoms with Gasteiger partial charge >= 0.3 is 0 Å². The van der Waals surface area contributed by atoms with E-state index in [-0.39, 0.29) is 5.91 Å². The predicted molar refractivity (Wildman–Crippen MR) is 67.4 cm³/mol. The smallest absolute Gasteiger partial charge is 0.224 e. The highest BCUT2D eigenvalue weighted by molar-refractivity contribution is 5.79. The van der Waals surface area contributed by atoms with E-state index >= 15 is 0 Å². The van der Waals surface area contributed by atoms with Crippen LogP contribution in [-0.4, -0.2) is 11.9 Å². The van der Waals surface area contributed by atoms with Crippen LogP contribution in [0.25, 0.3) is 0 Å². The second-order valence-corrected chi connectivity index (χ2v) is 5.12. The van der Waals surface area contributed by atoms with Gasteiger partial charge < -0.3 is 5.32 Å². The van der Waals surface area contributed by atoms with Crippen molar-refractivity contribution < 1.29 is 4.79 Å². The second kappa shape index (κ2) is 4.36. The van der Waals surface area contributed by atoms with Crippen LogP contribution in [0.15, 0.2) is 42.5 Å². The Bertz CT molecular complexity index is 437. The summed E-state index contributed by atoms with van der Waals surface area (Å²) in [5.41, 5.74) is 1.09. The molecule has 17 heavy (non-hydrogen) atoms. The minimum Gasteiger partial charge on any atom is -0.352 e. The number of hydrogen-bond donors (Lipinski definition) is 1. The van der Waals surface area contributed by atoms with Crippen molar-refractivity contribution in [3.63, 3.8) is 0 Å². The topological polar surface area (TPSA) is 29.1 Å². The van der Waals surface area contributed by atoms with Gasteiger partial charge in [-0.3, -0.25) is 4.79 Å². The molecule has 0 saturated heterocycles. The van der Waals surface area contributed by atoms with E-state index in [1.165, 1.54) is 6.42 Å². The minimum absolute atomic E-state index is 0.155. The lowest BCUT2D eigenvalue weighted by molar-refractivity contribution is -0.121. The Morgan fingerprint density at radius 3 is 2.65 bits per heavy atom. The summed E-state index contributed by atoms with van der Waals surface area (Å²) in [5.74, 6) is 1.45. The summed E-state index contributed by atoms with van der Waals surface area (Å²) in [6, 6.07) is 10.3. The number of amides is 1. The number of carbonyl (C=O) groups is 1. The first-order chi connectivity index (χ1) is 8.31. The first kappa shape index (κ1) is 10.6. The van der Waals surface area contributed by atoms with Crippen LogP contribution in [0.5, 0.6) is 0 Å². The molecule has 3 rings (SSSR count). The number of hydrogen-bond acceptors (Lipinski definition) is 1. The van der Waals surface area contributed by atoms with Crippen molar-refractivity contribution in [2.24, 2.45) is 11.8 Å². The number of fused-ring (bicyclic) bond motifs is 2. The van der Waals surface area contributed by atoms with E-state index in [1.54, 1.807) is 0 Å². The first-order valence-electron chi connectivity index (χ1n) is 6.33. The van der Waals surface area contributed by atoms with Gasteiger partial charge in [-0.15, -0.1) is 0 Å². The lowest BCUT2D eigenvalue weighted by Crippen LogP contribution is -2.38. The zero-order chi connectivity index (χ0) is 11.7. The first-order valence-corrected chi connectivity index (χ1v) is 6.33. The van der Waals surface area contributed by atoms with Gasteiger partial charge in [-0.2, -0.15) is 0 Å². The number of nitrogens with one attached hydrogen (secondary N) is 1. The Labute approximate surface area is 102 Å². The molecule has 2 aliphatic rings. The van der Waals surface area contributed by atoms with Crippen LogP contribution < -0.4 is 5.32 Å². The van der Waals surface area contributed by atoms with Crippen molar-refractivity contribution in [3.8, 4) is 0 Å². The molecule has 1 aromatic rings. The van der Waals surface area contributed by atoms with Gasteiger partial charge in [0.25, 0.3) is 0 Å². The molecule has 1 N–H and O–H groups in total. The van der Waals surface area contributed by atoms with E-state index in [4.69, 9.17) is 0 Å². The number of rotatable bonds is 3. The summed E-state index contributed by atoms with van der Waals surface area (Å²) in [6.45, 7) is 0. The lowest BCUT2D eigenvalue weighted by atomic mass is 10.0. The van der Waals surface area contributed by atoms with Crippen LogP contribution in [0.2, 0.25) is 0 Å². The predicted octanol–water partition coefficient (Wildman–Crippen LogP) is 2.31. The third-order valence-corrected chi connectivity index (χ3v) is 3.83. The molecule has 0 spiro atoms. The van der Waals surface area contributed by atoms with Crippen LogP contribution in [0, 0.1) is 11.8 Å². The minimum atomic E-state index is 0.155. The zero-order valence-corrected chi connectivity index (χ0v) is 9.80. The molecule has 0 aliphatic heterocycles. The molecule has 3 unspecified atom stereocenters. The Balaban J connectivity index is 1.56. The summed E-state index contributed by atoms with van der Waals surface area (Å²) in [4.78, 5) is 11.9. The summed E-state index contributed by atoms with van der Waals surface area (Å²) >= 11 is 0. The Hall–Kier alpha value is -1.57. The van der Waals surface area contributed by atoms with Gasteiger partial charge in [-0.25, -0.2) is 0 Å². The molecule has 2 aliphatic carbocycles. The van der Waals surface area contributed by atoms with Gasteiger partial charge in [0.1, 0.15) is 0 Å². The summed E-state index contributed by atoms with van der Waals surface area (Å²) in [5, 5.41) is 3.17. The van der Waals surface area contributed by atoms with Gasteiger partial charge in [-0.05, 0) is 30.2 Å². The van der Waals surface area contributed by atoms with E-state index < -0.39 is 0 Å². The monoisotopic (exact) mass is 227 g/mol. The number of benzene rings is 1. The van der Waals surface area contributed by atoms with E-state index in [0.29, 0.717) is 24.3 Å². The molecular formula is C15H17NO. The van der Waals surface area contributed by atoms with Gasteiger partial charge in [0.2, 0.25) is 5.91 Å². The molecule has 88 valence electrons. The van der Waals surface area contributed by atoms with E-state index in [0.717, 1.165) is 12.0 Å². The van der Waals surface area contributed by atoms with Crippen molar-refractivity contribution in [1.82, 2.24) is 5.32 Å². The highest BCUT2D eigenvalue weighted by Gasteiger charge is 2.36. The Morgan fingerprint density at radius 2 is 2.00 bits per heavy atom. The van der Waals surface area contributed by atoms with Crippen LogP contribution >= 0.6 is 0 Å². The number of allylic oxidation sites excluding steroid dienone is 1. The largest absolute Gasteiger partial charge is 0.352 e. The molecule has 0 radical (unpaired) electrons. The average Bonchev–Trinajstić information content (AvgIpc) is 2.92. The molecule has 1 saturated carbocycles. The SMILES string of the molecule is O=C(Cc1ccccc1)NC1CC2C=CC1C2. The third kappa shape index (κ3) is 2.26. The summed E-state index contributed by atoms with van der Waals surface area (Å²) in [6.07, 6.45) is 7.42. The van der Waals surface area contributed by atoms with E-state index in [9.17, 15) is 4.79 Å². The van der Waals surface area contributed by atoms with Crippen molar-refractivity contribution in [2.75, 3.05) is 0 Å². The maximum absolute atomic E-state index is 11.9. The zero-order valence-electron chi connectivity index (χ0n) is 9.80. The molecule has 1 amide bonds. The highest BCUT2D eigenvalue weighted by Crippen LogP contribution is 2.38.